The number of piperidine rings is 1. The van der Waals surface area contributed by atoms with Crippen LogP contribution in [0.1, 0.15) is 29.9 Å². The summed E-state index contributed by atoms with van der Waals surface area (Å²) in [6.45, 7) is 5.84. The Balaban J connectivity index is 1.61. The molecule has 2 aromatic rings. The van der Waals surface area contributed by atoms with Crippen LogP contribution >= 0.6 is 11.6 Å². The van der Waals surface area contributed by atoms with Crippen LogP contribution in [0.3, 0.4) is 0 Å². The van der Waals surface area contributed by atoms with Crippen molar-refractivity contribution in [3.63, 3.8) is 0 Å². The van der Waals surface area contributed by atoms with E-state index in [2.05, 4.69) is 26.3 Å². The minimum atomic E-state index is 0.397. The zero-order valence-corrected chi connectivity index (χ0v) is 14.6. The van der Waals surface area contributed by atoms with Crippen LogP contribution < -0.4 is 10.2 Å². The van der Waals surface area contributed by atoms with E-state index in [1.54, 1.807) is 6.07 Å². The van der Waals surface area contributed by atoms with Gasteiger partial charge in [0.25, 0.3) is 0 Å². The lowest BCUT2D eigenvalue weighted by Gasteiger charge is -2.33. The number of hydrogen-bond acceptors (Lipinski definition) is 5. The predicted molar refractivity (Wildman–Crippen MR) is 96.5 cm³/mol. The summed E-state index contributed by atoms with van der Waals surface area (Å²) in [5, 5.41) is 12.9. The number of nitrogens with zero attached hydrogens (tertiary/aromatic N) is 4. The van der Waals surface area contributed by atoms with Gasteiger partial charge in [0, 0.05) is 36.6 Å². The van der Waals surface area contributed by atoms with Crippen molar-refractivity contribution in [2.24, 2.45) is 0 Å². The van der Waals surface area contributed by atoms with E-state index >= 15 is 0 Å². The molecule has 1 saturated heterocycles. The summed E-state index contributed by atoms with van der Waals surface area (Å²) in [6, 6.07) is 10.0. The number of aryl methyl sites for hydroxylation is 2. The van der Waals surface area contributed by atoms with Gasteiger partial charge in [-0.2, -0.15) is 5.26 Å². The van der Waals surface area contributed by atoms with E-state index in [1.807, 2.05) is 32.0 Å². The standard InChI is InChI=1S/C18H20ClN5/c1-12-9-18(22-13(2)21-12)24-7-5-15(6-8-24)23-16-4-3-14(11-20)17(19)10-16/h3-4,9-10,15,23H,5-8H2,1-2H3. The van der Waals surface area contributed by atoms with Crippen molar-refractivity contribution >= 4 is 23.1 Å². The molecule has 0 amide bonds. The van der Waals surface area contributed by atoms with Crippen molar-refractivity contribution in [2.45, 2.75) is 32.7 Å². The van der Waals surface area contributed by atoms with Gasteiger partial charge in [0.15, 0.2) is 0 Å². The molecule has 2 heterocycles. The highest BCUT2D eigenvalue weighted by molar-refractivity contribution is 6.32. The highest BCUT2D eigenvalue weighted by Crippen LogP contribution is 2.24. The summed E-state index contributed by atoms with van der Waals surface area (Å²) >= 11 is 6.10. The van der Waals surface area contributed by atoms with Crippen LogP contribution in [0.25, 0.3) is 0 Å². The maximum atomic E-state index is 8.94. The number of halogens is 1. The van der Waals surface area contributed by atoms with Gasteiger partial charge in [-0.25, -0.2) is 9.97 Å². The lowest BCUT2D eigenvalue weighted by molar-refractivity contribution is 0.523. The second kappa shape index (κ2) is 7.06. The van der Waals surface area contributed by atoms with E-state index in [0.29, 0.717) is 16.6 Å². The molecular weight excluding hydrogens is 322 g/mol. The molecular formula is C18H20ClN5. The molecule has 0 bridgehead atoms. The Kier molecular flexibility index (Phi) is 4.86. The Morgan fingerprint density at radius 1 is 1.21 bits per heavy atom. The topological polar surface area (TPSA) is 64.8 Å². The first-order valence-electron chi connectivity index (χ1n) is 8.08. The summed E-state index contributed by atoms with van der Waals surface area (Å²) in [5.74, 6) is 1.83. The summed E-state index contributed by atoms with van der Waals surface area (Å²) in [7, 11) is 0. The van der Waals surface area contributed by atoms with Crippen molar-refractivity contribution in [3.8, 4) is 6.07 Å². The molecule has 3 rings (SSSR count). The zero-order chi connectivity index (χ0) is 17.1. The molecule has 1 aromatic carbocycles. The number of anilines is 2. The molecule has 1 N–H and O–H groups in total. The third kappa shape index (κ3) is 3.77. The van der Waals surface area contributed by atoms with Gasteiger partial charge in [0.2, 0.25) is 0 Å². The van der Waals surface area contributed by atoms with E-state index in [1.165, 1.54) is 0 Å². The van der Waals surface area contributed by atoms with E-state index in [-0.39, 0.29) is 0 Å². The van der Waals surface area contributed by atoms with Crippen molar-refractivity contribution in [1.29, 1.82) is 5.26 Å². The molecule has 0 atom stereocenters. The summed E-state index contributed by atoms with van der Waals surface area (Å²) < 4.78 is 0. The zero-order valence-electron chi connectivity index (χ0n) is 13.9. The first kappa shape index (κ1) is 16.5. The number of nitrogens with one attached hydrogen (secondary N) is 1. The average molecular weight is 342 g/mol. The van der Waals surface area contributed by atoms with Crippen LogP contribution in [0.4, 0.5) is 11.5 Å². The third-order valence-corrected chi connectivity index (χ3v) is 4.54. The monoisotopic (exact) mass is 341 g/mol. The Bertz CT molecular complexity index is 755. The fraction of sp³-hybridized carbons (Fsp3) is 0.389. The lowest BCUT2D eigenvalue weighted by atomic mass is 10.0. The molecule has 0 unspecified atom stereocenters. The predicted octanol–water partition coefficient (Wildman–Crippen LogP) is 3.70. The molecule has 1 aromatic heterocycles. The number of aromatic nitrogens is 2. The Morgan fingerprint density at radius 2 is 1.96 bits per heavy atom. The Labute approximate surface area is 147 Å². The molecule has 1 aliphatic heterocycles. The molecule has 24 heavy (non-hydrogen) atoms. The van der Waals surface area contributed by atoms with Gasteiger partial charge < -0.3 is 10.2 Å². The summed E-state index contributed by atoms with van der Waals surface area (Å²) in [6.07, 6.45) is 2.05. The minimum Gasteiger partial charge on any atom is -0.382 e. The molecule has 1 fully saturated rings. The Morgan fingerprint density at radius 3 is 2.58 bits per heavy atom. The normalized spacial score (nSPS) is 15.2. The van der Waals surface area contributed by atoms with Crippen LogP contribution in [0.2, 0.25) is 5.02 Å². The highest BCUT2D eigenvalue weighted by Gasteiger charge is 2.20. The largest absolute Gasteiger partial charge is 0.382 e. The molecule has 0 saturated carbocycles. The first-order valence-corrected chi connectivity index (χ1v) is 8.46. The SMILES string of the molecule is Cc1cc(N2CCC(Nc3ccc(C#N)c(Cl)c3)CC2)nc(C)n1. The average Bonchev–Trinajstić information content (AvgIpc) is 2.55. The van der Waals surface area contributed by atoms with Gasteiger partial charge in [-0.1, -0.05) is 11.6 Å². The minimum absolute atomic E-state index is 0.397. The Hall–Kier alpha value is -2.32. The summed E-state index contributed by atoms with van der Waals surface area (Å²) in [4.78, 5) is 11.2. The third-order valence-electron chi connectivity index (χ3n) is 4.23. The van der Waals surface area contributed by atoms with E-state index in [0.717, 1.165) is 49.0 Å². The van der Waals surface area contributed by atoms with E-state index in [9.17, 15) is 0 Å². The number of nitriles is 1. The molecule has 6 heteroatoms. The van der Waals surface area contributed by atoms with Crippen LogP contribution in [0, 0.1) is 25.2 Å². The quantitative estimate of drug-likeness (QED) is 0.922. The van der Waals surface area contributed by atoms with Crippen LogP contribution in [-0.2, 0) is 0 Å². The van der Waals surface area contributed by atoms with Crippen molar-refractivity contribution in [3.05, 3.63) is 46.4 Å². The van der Waals surface area contributed by atoms with Crippen molar-refractivity contribution in [1.82, 2.24) is 9.97 Å². The van der Waals surface area contributed by atoms with Gasteiger partial charge in [0.05, 0.1) is 10.6 Å². The molecule has 0 spiro atoms. The van der Waals surface area contributed by atoms with Gasteiger partial charge >= 0.3 is 0 Å². The molecule has 5 nitrogen and oxygen atoms in total. The fourth-order valence-electron chi connectivity index (χ4n) is 3.04. The molecule has 0 radical (unpaired) electrons. The van der Waals surface area contributed by atoms with Crippen LogP contribution in [0.15, 0.2) is 24.3 Å². The number of rotatable bonds is 3. The second-order valence-electron chi connectivity index (χ2n) is 6.13. The molecule has 0 aliphatic carbocycles. The first-order chi connectivity index (χ1) is 11.5. The van der Waals surface area contributed by atoms with Gasteiger partial charge in [-0.05, 0) is 44.9 Å². The van der Waals surface area contributed by atoms with Crippen LogP contribution in [-0.4, -0.2) is 29.1 Å². The maximum absolute atomic E-state index is 8.94. The van der Waals surface area contributed by atoms with Gasteiger partial charge in [0.1, 0.15) is 17.7 Å². The van der Waals surface area contributed by atoms with Gasteiger partial charge in [-0.15, -0.1) is 0 Å². The van der Waals surface area contributed by atoms with E-state index in [4.69, 9.17) is 16.9 Å². The lowest BCUT2D eigenvalue weighted by Crippen LogP contribution is -2.39. The number of hydrogen-bond donors (Lipinski definition) is 1. The second-order valence-corrected chi connectivity index (χ2v) is 6.53. The molecule has 1 aliphatic rings. The summed E-state index contributed by atoms with van der Waals surface area (Å²) in [5.41, 5.74) is 2.47. The van der Waals surface area contributed by atoms with E-state index < -0.39 is 0 Å². The van der Waals surface area contributed by atoms with Crippen molar-refractivity contribution in [2.75, 3.05) is 23.3 Å². The van der Waals surface area contributed by atoms with Crippen molar-refractivity contribution < 1.29 is 0 Å². The smallest absolute Gasteiger partial charge is 0.132 e. The van der Waals surface area contributed by atoms with Gasteiger partial charge in [-0.3, -0.25) is 0 Å². The maximum Gasteiger partial charge on any atom is 0.132 e. The highest BCUT2D eigenvalue weighted by atomic mass is 35.5. The van der Waals surface area contributed by atoms with Crippen LogP contribution in [0.5, 0.6) is 0 Å². The molecule has 124 valence electrons. The fourth-order valence-corrected chi connectivity index (χ4v) is 3.27. The number of benzene rings is 1.